The third kappa shape index (κ3) is 4.00. The molecule has 5 heteroatoms. The van der Waals surface area contributed by atoms with Gasteiger partial charge in [-0.2, -0.15) is 0 Å². The predicted molar refractivity (Wildman–Crippen MR) is 84.4 cm³/mol. The van der Waals surface area contributed by atoms with Crippen molar-refractivity contribution in [2.24, 2.45) is 0 Å². The molecule has 112 valence electrons. The Morgan fingerprint density at radius 3 is 2.76 bits per heavy atom. The maximum atomic E-state index is 12.0. The van der Waals surface area contributed by atoms with Gasteiger partial charge in [0, 0.05) is 6.04 Å². The Balaban J connectivity index is 1.50. The Morgan fingerprint density at radius 2 is 2.00 bits per heavy atom. The molecular weight excluding hydrogens is 284 g/mol. The molecule has 1 aliphatic rings. The van der Waals surface area contributed by atoms with Gasteiger partial charge in [-0.3, -0.25) is 4.79 Å². The molecule has 3 rings (SSSR count). The topological polar surface area (TPSA) is 55.1 Å². The van der Waals surface area contributed by atoms with E-state index < -0.39 is 0 Å². The number of rotatable bonds is 4. The second kappa shape index (κ2) is 6.98. The zero-order chi connectivity index (χ0) is 14.5. The fourth-order valence-electron chi connectivity index (χ4n) is 2.73. The zero-order valence-electron chi connectivity index (χ0n) is 12.0. The largest absolute Gasteiger partial charge is 0.431 e. The SMILES string of the molecule is O=C(CSc1nc2ccccc2o1)NC1CCCCCC1. The molecular formula is C16H20N2O2S. The number of nitrogens with zero attached hydrogens (tertiary/aromatic N) is 1. The number of hydrogen-bond acceptors (Lipinski definition) is 4. The lowest BCUT2D eigenvalue weighted by Gasteiger charge is -2.15. The third-order valence-corrected chi connectivity index (χ3v) is 4.65. The number of hydrogen-bond donors (Lipinski definition) is 1. The second-order valence-corrected chi connectivity index (χ2v) is 6.42. The van der Waals surface area contributed by atoms with Gasteiger partial charge in [-0.1, -0.05) is 49.6 Å². The van der Waals surface area contributed by atoms with Crippen molar-refractivity contribution in [3.63, 3.8) is 0 Å². The van der Waals surface area contributed by atoms with Crippen LogP contribution in [0.15, 0.2) is 33.9 Å². The highest BCUT2D eigenvalue weighted by Gasteiger charge is 2.15. The molecule has 2 aromatic rings. The lowest BCUT2D eigenvalue weighted by atomic mass is 10.1. The fraction of sp³-hybridized carbons (Fsp3) is 0.500. The molecule has 0 radical (unpaired) electrons. The number of fused-ring (bicyclic) bond motifs is 1. The average Bonchev–Trinajstić information content (AvgIpc) is 2.74. The van der Waals surface area contributed by atoms with E-state index in [0.29, 0.717) is 17.0 Å². The highest BCUT2D eigenvalue weighted by atomic mass is 32.2. The molecule has 1 heterocycles. The quantitative estimate of drug-likeness (QED) is 0.690. The predicted octanol–water partition coefficient (Wildman–Crippen LogP) is 3.76. The normalized spacial score (nSPS) is 16.8. The minimum absolute atomic E-state index is 0.0779. The summed E-state index contributed by atoms with van der Waals surface area (Å²) in [6, 6.07) is 8.00. The van der Waals surface area contributed by atoms with Crippen LogP contribution < -0.4 is 5.32 Å². The maximum Gasteiger partial charge on any atom is 0.257 e. The van der Waals surface area contributed by atoms with Crippen molar-refractivity contribution >= 4 is 28.8 Å². The van der Waals surface area contributed by atoms with Gasteiger partial charge in [-0.05, 0) is 25.0 Å². The Labute approximate surface area is 128 Å². The van der Waals surface area contributed by atoms with Crippen molar-refractivity contribution in [3.8, 4) is 0 Å². The van der Waals surface area contributed by atoms with E-state index in [2.05, 4.69) is 10.3 Å². The maximum absolute atomic E-state index is 12.0. The highest BCUT2D eigenvalue weighted by molar-refractivity contribution is 7.99. The Morgan fingerprint density at radius 1 is 1.24 bits per heavy atom. The number of thioether (sulfide) groups is 1. The molecule has 1 amide bonds. The van der Waals surface area contributed by atoms with Crippen LogP contribution in [0.4, 0.5) is 0 Å². The molecule has 21 heavy (non-hydrogen) atoms. The summed E-state index contributed by atoms with van der Waals surface area (Å²) in [6.07, 6.45) is 7.26. The van der Waals surface area contributed by atoms with Gasteiger partial charge in [-0.15, -0.1) is 0 Å². The van der Waals surface area contributed by atoms with Gasteiger partial charge >= 0.3 is 0 Å². The molecule has 1 saturated carbocycles. The number of carbonyl (C=O) groups excluding carboxylic acids is 1. The van der Waals surface area contributed by atoms with E-state index in [0.717, 1.165) is 23.9 Å². The molecule has 1 fully saturated rings. The van der Waals surface area contributed by atoms with Gasteiger partial charge < -0.3 is 9.73 Å². The Bertz CT molecular complexity index is 570. The summed E-state index contributed by atoms with van der Waals surface area (Å²) in [6.45, 7) is 0. The van der Waals surface area contributed by atoms with E-state index in [1.165, 1.54) is 37.4 Å². The summed E-state index contributed by atoms with van der Waals surface area (Å²) >= 11 is 1.36. The molecule has 0 unspecified atom stereocenters. The molecule has 1 aromatic heterocycles. The van der Waals surface area contributed by atoms with Crippen molar-refractivity contribution in [1.29, 1.82) is 0 Å². The first-order valence-corrected chi connectivity index (χ1v) is 8.57. The molecule has 1 N–H and O–H groups in total. The zero-order valence-corrected chi connectivity index (χ0v) is 12.8. The Hall–Kier alpha value is -1.49. The molecule has 0 atom stereocenters. The lowest BCUT2D eigenvalue weighted by molar-refractivity contribution is -0.119. The summed E-state index contributed by atoms with van der Waals surface area (Å²) < 4.78 is 5.60. The van der Waals surface area contributed by atoms with Crippen molar-refractivity contribution in [3.05, 3.63) is 24.3 Å². The summed E-state index contributed by atoms with van der Waals surface area (Å²) in [7, 11) is 0. The van der Waals surface area contributed by atoms with E-state index in [1.54, 1.807) is 0 Å². The summed E-state index contributed by atoms with van der Waals surface area (Å²) in [5, 5.41) is 3.70. The lowest BCUT2D eigenvalue weighted by Crippen LogP contribution is -2.35. The van der Waals surface area contributed by atoms with Gasteiger partial charge in [-0.25, -0.2) is 4.98 Å². The van der Waals surface area contributed by atoms with Crippen molar-refractivity contribution in [2.45, 2.75) is 49.8 Å². The van der Waals surface area contributed by atoms with Gasteiger partial charge in [0.05, 0.1) is 5.75 Å². The van der Waals surface area contributed by atoms with E-state index in [-0.39, 0.29) is 5.91 Å². The van der Waals surface area contributed by atoms with E-state index in [9.17, 15) is 4.79 Å². The second-order valence-electron chi connectivity index (χ2n) is 5.49. The first kappa shape index (κ1) is 14.4. The number of para-hydroxylation sites is 2. The minimum atomic E-state index is 0.0779. The number of aromatic nitrogens is 1. The van der Waals surface area contributed by atoms with E-state index >= 15 is 0 Å². The smallest absolute Gasteiger partial charge is 0.257 e. The van der Waals surface area contributed by atoms with E-state index in [4.69, 9.17) is 4.42 Å². The number of oxazole rings is 1. The van der Waals surface area contributed by atoms with Crippen LogP contribution in [-0.4, -0.2) is 22.7 Å². The number of nitrogens with one attached hydrogen (secondary N) is 1. The van der Waals surface area contributed by atoms with Gasteiger partial charge in [0.2, 0.25) is 5.91 Å². The van der Waals surface area contributed by atoms with Crippen LogP contribution in [-0.2, 0) is 4.79 Å². The summed E-state index contributed by atoms with van der Waals surface area (Å²) in [5.74, 6) is 0.442. The van der Waals surface area contributed by atoms with Crippen LogP contribution in [0, 0.1) is 0 Å². The van der Waals surface area contributed by atoms with Crippen molar-refractivity contribution in [1.82, 2.24) is 10.3 Å². The monoisotopic (exact) mass is 304 g/mol. The molecule has 0 saturated heterocycles. The van der Waals surface area contributed by atoms with Crippen LogP contribution in [0.1, 0.15) is 38.5 Å². The molecule has 4 nitrogen and oxygen atoms in total. The van der Waals surface area contributed by atoms with Gasteiger partial charge in [0.25, 0.3) is 5.22 Å². The van der Waals surface area contributed by atoms with Crippen LogP contribution in [0.3, 0.4) is 0 Å². The third-order valence-electron chi connectivity index (χ3n) is 3.82. The van der Waals surface area contributed by atoms with Crippen molar-refractivity contribution < 1.29 is 9.21 Å². The summed E-state index contributed by atoms with van der Waals surface area (Å²) in [4.78, 5) is 16.4. The van der Waals surface area contributed by atoms with Crippen LogP contribution >= 0.6 is 11.8 Å². The minimum Gasteiger partial charge on any atom is -0.431 e. The molecule has 0 spiro atoms. The summed E-state index contributed by atoms with van der Waals surface area (Å²) in [5.41, 5.74) is 1.60. The van der Waals surface area contributed by atoms with Crippen LogP contribution in [0.25, 0.3) is 11.1 Å². The van der Waals surface area contributed by atoms with Crippen LogP contribution in [0.5, 0.6) is 0 Å². The number of carbonyl (C=O) groups is 1. The molecule has 1 aromatic carbocycles. The van der Waals surface area contributed by atoms with E-state index in [1.807, 2.05) is 24.3 Å². The molecule has 0 aliphatic heterocycles. The molecule has 1 aliphatic carbocycles. The van der Waals surface area contributed by atoms with Crippen LogP contribution in [0.2, 0.25) is 0 Å². The molecule has 0 bridgehead atoms. The fourth-order valence-corrected chi connectivity index (χ4v) is 3.38. The standard InChI is InChI=1S/C16H20N2O2S/c19-15(17-12-7-3-1-2-4-8-12)11-21-16-18-13-9-5-6-10-14(13)20-16/h5-6,9-10,12H,1-4,7-8,11H2,(H,17,19). The van der Waals surface area contributed by atoms with Gasteiger partial charge in [0.15, 0.2) is 5.58 Å². The average molecular weight is 304 g/mol. The highest BCUT2D eigenvalue weighted by Crippen LogP contribution is 2.23. The van der Waals surface area contributed by atoms with Crippen molar-refractivity contribution in [2.75, 3.05) is 5.75 Å². The Kier molecular flexibility index (Phi) is 4.80. The number of benzene rings is 1. The first-order chi connectivity index (χ1) is 10.3. The number of amides is 1. The van der Waals surface area contributed by atoms with Gasteiger partial charge in [0.1, 0.15) is 5.52 Å². The first-order valence-electron chi connectivity index (χ1n) is 7.59.